The van der Waals surface area contributed by atoms with E-state index in [0.29, 0.717) is 17.5 Å². The fraction of sp³-hybridized carbons (Fsp3) is 0.739. The zero-order valence-corrected chi connectivity index (χ0v) is 16.7. The maximum atomic E-state index is 14.8. The molecule has 4 rings (SSSR count). The number of halogens is 2. The summed E-state index contributed by atoms with van der Waals surface area (Å²) in [5.41, 5.74) is 1.66. The van der Waals surface area contributed by atoms with Gasteiger partial charge in [-0.25, -0.2) is 4.39 Å². The average Bonchev–Trinajstić information content (AvgIpc) is 3.50. The Balaban J connectivity index is 1.33. The maximum Gasteiger partial charge on any atom is 0.145 e. The SMILES string of the molecule is CCCC1CCC(C2CCC(c3ccc(C4CO4)c(Cl)c3F)CC2)CC1. The van der Waals surface area contributed by atoms with Gasteiger partial charge in [0.15, 0.2) is 0 Å². The Hall–Kier alpha value is -0.600. The molecule has 1 saturated heterocycles. The molecule has 0 N–H and O–H groups in total. The van der Waals surface area contributed by atoms with Gasteiger partial charge in [-0.1, -0.05) is 56.3 Å². The van der Waals surface area contributed by atoms with Crippen LogP contribution in [0.15, 0.2) is 12.1 Å². The molecule has 1 aliphatic heterocycles. The highest BCUT2D eigenvalue weighted by atomic mass is 35.5. The summed E-state index contributed by atoms with van der Waals surface area (Å²) in [5, 5.41) is 0.293. The Morgan fingerprint density at radius 3 is 2.12 bits per heavy atom. The predicted octanol–water partition coefficient (Wildman–Crippen LogP) is 7.43. The van der Waals surface area contributed by atoms with Gasteiger partial charge in [-0.05, 0) is 67.8 Å². The minimum absolute atomic E-state index is 0.0182. The van der Waals surface area contributed by atoms with E-state index in [4.69, 9.17) is 16.3 Å². The molecule has 0 spiro atoms. The Labute approximate surface area is 162 Å². The summed E-state index contributed by atoms with van der Waals surface area (Å²) < 4.78 is 20.1. The maximum absolute atomic E-state index is 14.8. The van der Waals surface area contributed by atoms with Crippen molar-refractivity contribution in [1.29, 1.82) is 0 Å². The Morgan fingerprint density at radius 2 is 1.54 bits per heavy atom. The third-order valence-electron chi connectivity index (χ3n) is 7.29. The fourth-order valence-corrected chi connectivity index (χ4v) is 5.92. The van der Waals surface area contributed by atoms with E-state index in [1.807, 2.05) is 12.1 Å². The van der Waals surface area contributed by atoms with Crippen molar-refractivity contribution < 1.29 is 9.13 Å². The summed E-state index contributed by atoms with van der Waals surface area (Å²) >= 11 is 6.29. The molecule has 1 aromatic rings. The first-order valence-corrected chi connectivity index (χ1v) is 11.1. The summed E-state index contributed by atoms with van der Waals surface area (Å²) in [7, 11) is 0. The lowest BCUT2D eigenvalue weighted by Gasteiger charge is -2.38. The van der Waals surface area contributed by atoms with Crippen molar-refractivity contribution in [2.24, 2.45) is 17.8 Å². The minimum Gasteiger partial charge on any atom is -0.368 e. The zero-order chi connectivity index (χ0) is 18.1. The number of hydrogen-bond acceptors (Lipinski definition) is 1. The molecule has 0 aromatic heterocycles. The van der Waals surface area contributed by atoms with Crippen LogP contribution >= 0.6 is 11.6 Å². The molecule has 26 heavy (non-hydrogen) atoms. The van der Waals surface area contributed by atoms with E-state index in [0.717, 1.165) is 41.7 Å². The van der Waals surface area contributed by atoms with Crippen molar-refractivity contribution in [2.75, 3.05) is 6.61 Å². The number of ether oxygens (including phenoxy) is 1. The standard InChI is InChI=1S/C23H32ClFO/c1-2-3-15-4-6-16(7-5-15)17-8-10-18(11-9-17)19-12-13-20(21-14-26-21)22(24)23(19)25/h12-13,15-18,21H,2-11,14H2,1H3. The van der Waals surface area contributed by atoms with Crippen LogP contribution in [0, 0.1) is 23.6 Å². The molecule has 2 saturated carbocycles. The molecule has 3 fully saturated rings. The van der Waals surface area contributed by atoms with Gasteiger partial charge in [0, 0.05) is 5.56 Å². The molecular weight excluding hydrogens is 347 g/mol. The number of epoxide rings is 1. The first-order chi connectivity index (χ1) is 12.7. The largest absolute Gasteiger partial charge is 0.368 e. The highest BCUT2D eigenvalue weighted by Crippen LogP contribution is 2.46. The number of rotatable bonds is 5. The third kappa shape index (κ3) is 3.97. The van der Waals surface area contributed by atoms with Crippen LogP contribution in [-0.4, -0.2) is 6.61 Å². The van der Waals surface area contributed by atoms with E-state index >= 15 is 0 Å². The van der Waals surface area contributed by atoms with Crippen molar-refractivity contribution >= 4 is 11.6 Å². The fourth-order valence-electron chi connectivity index (χ4n) is 5.63. The predicted molar refractivity (Wildman–Crippen MR) is 105 cm³/mol. The van der Waals surface area contributed by atoms with Gasteiger partial charge < -0.3 is 4.74 Å². The van der Waals surface area contributed by atoms with Gasteiger partial charge in [0.05, 0.1) is 11.6 Å². The van der Waals surface area contributed by atoms with Gasteiger partial charge in [0.25, 0.3) is 0 Å². The highest BCUT2D eigenvalue weighted by molar-refractivity contribution is 6.31. The zero-order valence-electron chi connectivity index (χ0n) is 16.0. The van der Waals surface area contributed by atoms with E-state index in [9.17, 15) is 4.39 Å². The summed E-state index contributed by atoms with van der Waals surface area (Å²) in [5.74, 6) is 2.92. The quantitative estimate of drug-likeness (QED) is 0.485. The van der Waals surface area contributed by atoms with Gasteiger partial charge in [0.2, 0.25) is 0 Å². The van der Waals surface area contributed by atoms with Crippen LogP contribution in [0.25, 0.3) is 0 Å². The molecule has 1 nitrogen and oxygen atoms in total. The van der Waals surface area contributed by atoms with Gasteiger partial charge in [0.1, 0.15) is 11.9 Å². The average molecular weight is 379 g/mol. The monoisotopic (exact) mass is 378 g/mol. The van der Waals surface area contributed by atoms with Crippen LogP contribution < -0.4 is 0 Å². The Morgan fingerprint density at radius 1 is 0.962 bits per heavy atom. The molecule has 0 radical (unpaired) electrons. The first kappa shape index (κ1) is 18.7. The van der Waals surface area contributed by atoms with Crippen LogP contribution in [0.1, 0.15) is 94.3 Å². The van der Waals surface area contributed by atoms with Gasteiger partial charge in [-0.3, -0.25) is 0 Å². The summed E-state index contributed by atoms with van der Waals surface area (Å²) in [6, 6.07) is 3.96. The molecule has 1 heterocycles. The molecule has 1 unspecified atom stereocenters. The van der Waals surface area contributed by atoms with Crippen molar-refractivity contribution in [3.05, 3.63) is 34.1 Å². The highest BCUT2D eigenvalue weighted by Gasteiger charge is 2.34. The van der Waals surface area contributed by atoms with Crippen molar-refractivity contribution in [3.63, 3.8) is 0 Å². The van der Waals surface area contributed by atoms with E-state index < -0.39 is 0 Å². The van der Waals surface area contributed by atoms with E-state index in [1.165, 1.54) is 51.4 Å². The summed E-state index contributed by atoms with van der Waals surface area (Å²) in [4.78, 5) is 0. The lowest BCUT2D eigenvalue weighted by atomic mass is 9.68. The van der Waals surface area contributed by atoms with Crippen LogP contribution in [0.3, 0.4) is 0 Å². The molecule has 0 amide bonds. The van der Waals surface area contributed by atoms with Crippen molar-refractivity contribution in [1.82, 2.24) is 0 Å². The molecule has 144 valence electrons. The Bertz CT molecular complexity index is 611. The van der Waals surface area contributed by atoms with Crippen LogP contribution in [0.2, 0.25) is 5.02 Å². The smallest absolute Gasteiger partial charge is 0.145 e. The molecule has 3 heteroatoms. The minimum atomic E-state index is -0.191. The van der Waals surface area contributed by atoms with Crippen LogP contribution in [-0.2, 0) is 4.74 Å². The second-order valence-electron chi connectivity index (χ2n) is 8.88. The van der Waals surface area contributed by atoms with Crippen LogP contribution in [0.4, 0.5) is 4.39 Å². The number of benzene rings is 1. The van der Waals surface area contributed by atoms with Crippen molar-refractivity contribution in [2.45, 2.75) is 83.2 Å². The van der Waals surface area contributed by atoms with Gasteiger partial charge in [-0.15, -0.1) is 0 Å². The second kappa shape index (κ2) is 8.19. The van der Waals surface area contributed by atoms with E-state index in [1.54, 1.807) is 0 Å². The normalized spacial score (nSPS) is 34.7. The molecule has 3 aliphatic rings. The lowest BCUT2D eigenvalue weighted by molar-refractivity contribution is 0.156. The van der Waals surface area contributed by atoms with Crippen molar-refractivity contribution in [3.8, 4) is 0 Å². The van der Waals surface area contributed by atoms with E-state index in [-0.39, 0.29) is 11.9 Å². The summed E-state index contributed by atoms with van der Waals surface area (Å²) in [6.45, 7) is 2.98. The topological polar surface area (TPSA) is 12.5 Å². The van der Waals surface area contributed by atoms with Crippen LogP contribution in [0.5, 0.6) is 0 Å². The summed E-state index contributed by atoms with van der Waals surface area (Å²) in [6.07, 6.45) is 13.3. The molecular formula is C23H32ClFO. The Kier molecular flexibility index (Phi) is 5.90. The van der Waals surface area contributed by atoms with Gasteiger partial charge in [-0.2, -0.15) is 0 Å². The molecule has 1 atom stereocenters. The molecule has 0 bridgehead atoms. The lowest BCUT2D eigenvalue weighted by Crippen LogP contribution is -2.25. The third-order valence-corrected chi connectivity index (χ3v) is 7.67. The van der Waals surface area contributed by atoms with Gasteiger partial charge >= 0.3 is 0 Å². The molecule has 1 aromatic carbocycles. The number of hydrogen-bond donors (Lipinski definition) is 0. The van der Waals surface area contributed by atoms with E-state index in [2.05, 4.69) is 6.92 Å². The first-order valence-electron chi connectivity index (χ1n) is 10.8. The second-order valence-corrected chi connectivity index (χ2v) is 9.25. The molecule has 2 aliphatic carbocycles.